The highest BCUT2D eigenvalue weighted by Gasteiger charge is 2.42. The van der Waals surface area contributed by atoms with Crippen molar-refractivity contribution < 1.29 is 23.9 Å². The average molecular weight is 449 g/mol. The number of carboxylic acids is 1. The second kappa shape index (κ2) is 10.3. The third-order valence-corrected chi connectivity index (χ3v) is 12.0. The van der Waals surface area contributed by atoms with Gasteiger partial charge < -0.3 is 14.3 Å². The van der Waals surface area contributed by atoms with Gasteiger partial charge >= 0.3 is 11.9 Å². The molecule has 0 spiro atoms. The van der Waals surface area contributed by atoms with Crippen molar-refractivity contribution in [2.45, 2.75) is 89.8 Å². The molecule has 0 aromatic heterocycles. The van der Waals surface area contributed by atoms with Crippen molar-refractivity contribution in [1.29, 1.82) is 0 Å². The summed E-state index contributed by atoms with van der Waals surface area (Å²) in [6.07, 6.45) is 5.72. The van der Waals surface area contributed by atoms with Crippen LogP contribution >= 0.6 is 0 Å². The standard InChI is InChI=1S/C25H40O5Si/c1-24(2,3)31(5,6)30-17-9-16-25(23(27)28)15-8-7-10-21(18-25)19-11-13-20(14-12-19)22(26)29-4/h11-14,21H,7-10,15-18H2,1-6H3,(H,27,28). The van der Waals surface area contributed by atoms with E-state index < -0.39 is 19.7 Å². The van der Waals surface area contributed by atoms with E-state index in [-0.39, 0.29) is 16.9 Å². The van der Waals surface area contributed by atoms with E-state index in [9.17, 15) is 14.7 Å². The zero-order valence-electron chi connectivity index (χ0n) is 20.1. The second-order valence-corrected chi connectivity index (χ2v) is 15.4. The summed E-state index contributed by atoms with van der Waals surface area (Å²) in [5.41, 5.74) is 0.920. The Hall–Kier alpha value is -1.66. The second-order valence-electron chi connectivity index (χ2n) is 10.6. The van der Waals surface area contributed by atoms with Crippen LogP contribution in [0.2, 0.25) is 18.1 Å². The number of rotatable bonds is 8. The molecule has 1 aliphatic rings. The van der Waals surface area contributed by atoms with Crippen LogP contribution in [-0.4, -0.2) is 39.1 Å². The highest BCUT2D eigenvalue weighted by atomic mass is 28.4. The van der Waals surface area contributed by atoms with Crippen LogP contribution in [0.5, 0.6) is 0 Å². The molecule has 1 aromatic carbocycles. The highest BCUT2D eigenvalue weighted by Crippen LogP contribution is 2.46. The predicted molar refractivity (Wildman–Crippen MR) is 126 cm³/mol. The first kappa shape index (κ1) is 25.6. The van der Waals surface area contributed by atoms with Crippen molar-refractivity contribution in [3.63, 3.8) is 0 Å². The van der Waals surface area contributed by atoms with Crippen molar-refractivity contribution in [2.75, 3.05) is 13.7 Å². The van der Waals surface area contributed by atoms with Gasteiger partial charge in [-0.15, -0.1) is 0 Å². The molecule has 2 rings (SSSR count). The fraction of sp³-hybridized carbons (Fsp3) is 0.680. The normalized spacial score (nSPS) is 22.6. The molecule has 0 saturated heterocycles. The molecule has 174 valence electrons. The van der Waals surface area contributed by atoms with Gasteiger partial charge in [-0.05, 0) is 73.9 Å². The van der Waals surface area contributed by atoms with Crippen LogP contribution in [-0.2, 0) is 14.0 Å². The molecule has 5 nitrogen and oxygen atoms in total. The van der Waals surface area contributed by atoms with E-state index >= 15 is 0 Å². The molecule has 0 bridgehead atoms. The monoisotopic (exact) mass is 448 g/mol. The van der Waals surface area contributed by atoms with Crippen LogP contribution in [0.1, 0.15) is 87.6 Å². The van der Waals surface area contributed by atoms with Crippen LogP contribution in [0.15, 0.2) is 24.3 Å². The molecule has 1 aromatic rings. The summed E-state index contributed by atoms with van der Waals surface area (Å²) in [7, 11) is -0.450. The zero-order valence-corrected chi connectivity index (χ0v) is 21.1. The van der Waals surface area contributed by atoms with Crippen molar-refractivity contribution in [3.05, 3.63) is 35.4 Å². The Morgan fingerprint density at radius 3 is 2.35 bits per heavy atom. The summed E-state index contributed by atoms with van der Waals surface area (Å²) >= 11 is 0. The lowest BCUT2D eigenvalue weighted by atomic mass is 9.72. The van der Waals surface area contributed by atoms with Crippen molar-refractivity contribution in [2.24, 2.45) is 5.41 Å². The minimum atomic E-state index is -1.82. The van der Waals surface area contributed by atoms with Gasteiger partial charge in [0.2, 0.25) is 0 Å². The van der Waals surface area contributed by atoms with E-state index in [1.165, 1.54) is 7.11 Å². The van der Waals surface area contributed by atoms with Gasteiger partial charge in [0.05, 0.1) is 18.1 Å². The first-order chi connectivity index (χ1) is 14.4. The molecule has 2 unspecified atom stereocenters. The summed E-state index contributed by atoms with van der Waals surface area (Å²) in [6.45, 7) is 11.8. The minimum absolute atomic E-state index is 0.154. The molecular formula is C25H40O5Si. The van der Waals surface area contributed by atoms with Gasteiger partial charge in [0.25, 0.3) is 0 Å². The van der Waals surface area contributed by atoms with Gasteiger partial charge in [-0.3, -0.25) is 4.79 Å². The molecule has 2 atom stereocenters. The molecular weight excluding hydrogens is 408 g/mol. The number of hydrogen-bond donors (Lipinski definition) is 1. The molecule has 0 aliphatic heterocycles. The maximum absolute atomic E-state index is 12.4. The van der Waals surface area contributed by atoms with Gasteiger partial charge in [0.1, 0.15) is 0 Å². The van der Waals surface area contributed by atoms with Crippen LogP contribution in [0, 0.1) is 5.41 Å². The average Bonchev–Trinajstić information content (AvgIpc) is 2.94. The summed E-state index contributed by atoms with van der Waals surface area (Å²) in [5, 5.41) is 10.4. The number of carboxylic acid groups (broad SMARTS) is 1. The number of carbonyl (C=O) groups excluding carboxylic acids is 1. The van der Waals surface area contributed by atoms with Gasteiger partial charge in [-0.1, -0.05) is 45.7 Å². The molecule has 1 aliphatic carbocycles. The smallest absolute Gasteiger partial charge is 0.337 e. The topological polar surface area (TPSA) is 72.8 Å². The zero-order chi connectivity index (χ0) is 23.3. The number of aliphatic carboxylic acids is 1. The molecule has 1 saturated carbocycles. The fourth-order valence-corrected chi connectivity index (χ4v) is 5.39. The lowest BCUT2D eigenvalue weighted by Gasteiger charge is -2.37. The summed E-state index contributed by atoms with van der Waals surface area (Å²) in [5.74, 6) is -0.849. The molecule has 0 radical (unpaired) electrons. The summed E-state index contributed by atoms with van der Waals surface area (Å²) in [6, 6.07) is 7.47. The van der Waals surface area contributed by atoms with Crippen LogP contribution in [0.4, 0.5) is 0 Å². The van der Waals surface area contributed by atoms with E-state index in [4.69, 9.17) is 9.16 Å². The Balaban J connectivity index is 2.10. The lowest BCUT2D eigenvalue weighted by molar-refractivity contribution is -0.150. The first-order valence-electron chi connectivity index (χ1n) is 11.5. The van der Waals surface area contributed by atoms with Gasteiger partial charge in [-0.25, -0.2) is 4.79 Å². The van der Waals surface area contributed by atoms with Crippen molar-refractivity contribution in [3.8, 4) is 0 Å². The predicted octanol–water partition coefficient (Wildman–Crippen LogP) is 6.39. The third-order valence-electron chi connectivity index (χ3n) is 7.42. The molecule has 1 fully saturated rings. The maximum Gasteiger partial charge on any atom is 0.337 e. The van der Waals surface area contributed by atoms with E-state index in [0.717, 1.165) is 37.7 Å². The molecule has 31 heavy (non-hydrogen) atoms. The fourth-order valence-electron chi connectivity index (χ4n) is 4.31. The number of methoxy groups -OCH3 is 1. The Labute approximate surface area is 188 Å². The van der Waals surface area contributed by atoms with E-state index in [2.05, 4.69) is 33.9 Å². The number of hydrogen-bond acceptors (Lipinski definition) is 4. The maximum atomic E-state index is 12.4. The van der Waals surface area contributed by atoms with E-state index in [1.807, 2.05) is 12.1 Å². The van der Waals surface area contributed by atoms with Gasteiger partial charge in [0, 0.05) is 6.61 Å². The SMILES string of the molecule is COC(=O)c1ccc(C2CCCCC(CCCO[Si](C)(C)C(C)(C)C)(C(=O)O)C2)cc1. The molecule has 0 heterocycles. The molecule has 0 amide bonds. The Morgan fingerprint density at radius 1 is 1.16 bits per heavy atom. The van der Waals surface area contributed by atoms with Gasteiger partial charge in [0.15, 0.2) is 8.32 Å². The van der Waals surface area contributed by atoms with Gasteiger partial charge in [-0.2, -0.15) is 0 Å². The Kier molecular flexibility index (Phi) is 8.51. The number of esters is 1. The Bertz CT molecular complexity index is 750. The number of benzene rings is 1. The van der Waals surface area contributed by atoms with Crippen molar-refractivity contribution >= 4 is 20.3 Å². The lowest BCUT2D eigenvalue weighted by Crippen LogP contribution is -2.41. The third kappa shape index (κ3) is 6.42. The Morgan fingerprint density at radius 2 is 1.81 bits per heavy atom. The first-order valence-corrected chi connectivity index (χ1v) is 14.4. The van der Waals surface area contributed by atoms with E-state index in [0.29, 0.717) is 25.0 Å². The van der Waals surface area contributed by atoms with Crippen molar-refractivity contribution in [1.82, 2.24) is 0 Å². The quantitative estimate of drug-likeness (QED) is 0.216. The minimum Gasteiger partial charge on any atom is -0.481 e. The largest absolute Gasteiger partial charge is 0.481 e. The number of carbonyl (C=O) groups is 2. The summed E-state index contributed by atoms with van der Waals surface area (Å²) in [4.78, 5) is 24.2. The molecule has 1 N–H and O–H groups in total. The van der Waals surface area contributed by atoms with Crippen LogP contribution in [0.3, 0.4) is 0 Å². The number of ether oxygens (including phenoxy) is 1. The molecule has 6 heteroatoms. The highest BCUT2D eigenvalue weighted by molar-refractivity contribution is 6.74. The van der Waals surface area contributed by atoms with Crippen LogP contribution < -0.4 is 0 Å². The summed E-state index contributed by atoms with van der Waals surface area (Å²) < 4.78 is 11.1. The van der Waals surface area contributed by atoms with Crippen LogP contribution in [0.25, 0.3) is 0 Å². The van der Waals surface area contributed by atoms with E-state index in [1.54, 1.807) is 12.1 Å².